The number of anilines is 1. The lowest BCUT2D eigenvalue weighted by Gasteiger charge is -2.13. The average Bonchev–Trinajstić information content (AvgIpc) is 3.10. The third-order valence-electron chi connectivity index (χ3n) is 3.93. The number of carbonyl (C=O) groups is 1. The van der Waals surface area contributed by atoms with Gasteiger partial charge in [0.25, 0.3) is 0 Å². The second-order valence-corrected chi connectivity index (χ2v) is 7.10. The summed E-state index contributed by atoms with van der Waals surface area (Å²) in [5, 5.41) is 6.00. The number of aryl methyl sites for hydroxylation is 1. The fourth-order valence-corrected chi connectivity index (χ4v) is 3.43. The van der Waals surface area contributed by atoms with Crippen molar-refractivity contribution in [2.75, 3.05) is 5.32 Å². The van der Waals surface area contributed by atoms with Gasteiger partial charge in [-0.1, -0.05) is 32.0 Å². The van der Waals surface area contributed by atoms with Gasteiger partial charge in [-0.05, 0) is 29.7 Å². The van der Waals surface area contributed by atoms with Gasteiger partial charge in [0, 0.05) is 41.9 Å². The number of aromatic nitrogens is 2. The zero-order valence-electron chi connectivity index (χ0n) is 14.4. The Balaban J connectivity index is 1.59. The van der Waals surface area contributed by atoms with Gasteiger partial charge < -0.3 is 5.32 Å². The molecule has 1 N–H and O–H groups in total. The largest absolute Gasteiger partial charge is 0.326 e. The zero-order valence-corrected chi connectivity index (χ0v) is 15.2. The van der Waals surface area contributed by atoms with Crippen molar-refractivity contribution in [1.29, 1.82) is 0 Å². The van der Waals surface area contributed by atoms with Crippen LogP contribution in [0.4, 0.5) is 5.69 Å². The van der Waals surface area contributed by atoms with Gasteiger partial charge in [0.15, 0.2) is 0 Å². The highest BCUT2D eigenvalue weighted by molar-refractivity contribution is 7.09. The van der Waals surface area contributed by atoms with Crippen LogP contribution in [-0.4, -0.2) is 15.9 Å². The van der Waals surface area contributed by atoms with Crippen LogP contribution in [-0.2, 0) is 11.2 Å². The highest BCUT2D eigenvalue weighted by atomic mass is 32.1. The Kier molecular flexibility index (Phi) is 5.56. The van der Waals surface area contributed by atoms with Crippen molar-refractivity contribution in [1.82, 2.24) is 9.97 Å². The molecule has 0 aliphatic rings. The summed E-state index contributed by atoms with van der Waals surface area (Å²) in [4.78, 5) is 21.0. The maximum absolute atomic E-state index is 12.3. The van der Waals surface area contributed by atoms with Crippen LogP contribution in [0.3, 0.4) is 0 Å². The third-order valence-corrected chi connectivity index (χ3v) is 4.84. The summed E-state index contributed by atoms with van der Waals surface area (Å²) in [7, 11) is 0. The Morgan fingerprint density at radius 1 is 1.20 bits per heavy atom. The zero-order chi connectivity index (χ0) is 17.6. The molecule has 25 heavy (non-hydrogen) atoms. The highest BCUT2D eigenvalue weighted by Gasteiger charge is 2.11. The number of thiazole rings is 1. The van der Waals surface area contributed by atoms with Crippen molar-refractivity contribution in [2.45, 2.75) is 32.6 Å². The van der Waals surface area contributed by atoms with Crippen LogP contribution in [0.25, 0.3) is 11.3 Å². The number of amides is 1. The molecule has 0 unspecified atom stereocenters. The molecule has 4 nitrogen and oxygen atoms in total. The number of benzene rings is 1. The van der Waals surface area contributed by atoms with E-state index >= 15 is 0 Å². The number of rotatable bonds is 6. The van der Waals surface area contributed by atoms with E-state index in [1.807, 2.05) is 35.7 Å². The highest BCUT2D eigenvalue weighted by Crippen LogP contribution is 2.24. The first-order valence-corrected chi connectivity index (χ1v) is 9.25. The topological polar surface area (TPSA) is 54.9 Å². The Labute approximate surface area is 152 Å². The summed E-state index contributed by atoms with van der Waals surface area (Å²) >= 11 is 1.58. The molecule has 5 heteroatoms. The van der Waals surface area contributed by atoms with Crippen molar-refractivity contribution >= 4 is 22.9 Å². The number of pyridine rings is 1. The van der Waals surface area contributed by atoms with Crippen LogP contribution in [0.5, 0.6) is 0 Å². The number of nitrogens with zero attached hydrogens (tertiary/aromatic N) is 2. The Morgan fingerprint density at radius 2 is 2.04 bits per heavy atom. The third kappa shape index (κ3) is 4.51. The summed E-state index contributed by atoms with van der Waals surface area (Å²) in [6.45, 7) is 4.25. The molecule has 1 aromatic carbocycles. The molecule has 0 saturated heterocycles. The van der Waals surface area contributed by atoms with Crippen LogP contribution < -0.4 is 5.32 Å². The fourth-order valence-electron chi connectivity index (χ4n) is 2.62. The van der Waals surface area contributed by atoms with Gasteiger partial charge in [0.1, 0.15) is 0 Å². The van der Waals surface area contributed by atoms with Gasteiger partial charge in [0.05, 0.1) is 10.7 Å². The lowest BCUT2D eigenvalue weighted by molar-refractivity contribution is -0.116. The molecule has 0 saturated carbocycles. The van der Waals surface area contributed by atoms with Gasteiger partial charge in [-0.3, -0.25) is 9.78 Å². The van der Waals surface area contributed by atoms with Crippen LogP contribution in [0.1, 0.15) is 36.8 Å². The Bertz CT molecular complexity index is 843. The molecule has 2 aromatic heterocycles. The van der Waals surface area contributed by atoms with E-state index in [4.69, 9.17) is 0 Å². The Morgan fingerprint density at radius 3 is 2.80 bits per heavy atom. The SMILES string of the molecule is CC(C)c1ccccc1NC(=O)CCc1nc(-c2cccnc2)cs1. The van der Waals surface area contributed by atoms with Crippen LogP contribution in [0.2, 0.25) is 0 Å². The second kappa shape index (κ2) is 8.03. The monoisotopic (exact) mass is 351 g/mol. The number of para-hydroxylation sites is 1. The first-order valence-electron chi connectivity index (χ1n) is 8.37. The lowest BCUT2D eigenvalue weighted by atomic mass is 10.0. The number of hydrogen-bond acceptors (Lipinski definition) is 4. The van der Waals surface area contributed by atoms with Crippen LogP contribution in [0, 0.1) is 0 Å². The van der Waals surface area contributed by atoms with E-state index in [1.54, 1.807) is 23.7 Å². The maximum Gasteiger partial charge on any atom is 0.224 e. The van der Waals surface area contributed by atoms with Gasteiger partial charge in [-0.15, -0.1) is 11.3 Å². The molecule has 128 valence electrons. The van der Waals surface area contributed by atoms with E-state index in [9.17, 15) is 4.79 Å². The molecular weight excluding hydrogens is 330 g/mol. The van der Waals surface area contributed by atoms with E-state index in [2.05, 4.69) is 35.2 Å². The molecule has 0 radical (unpaired) electrons. The minimum atomic E-state index is 0.0197. The molecule has 0 fully saturated rings. The molecule has 0 spiro atoms. The number of carbonyl (C=O) groups excluding carboxylic acids is 1. The molecule has 3 rings (SSSR count). The summed E-state index contributed by atoms with van der Waals surface area (Å²) < 4.78 is 0. The van der Waals surface area contributed by atoms with Crippen LogP contribution in [0.15, 0.2) is 54.2 Å². The number of nitrogens with one attached hydrogen (secondary N) is 1. The van der Waals surface area contributed by atoms with Gasteiger partial charge in [-0.2, -0.15) is 0 Å². The van der Waals surface area contributed by atoms with E-state index in [0.717, 1.165) is 27.5 Å². The summed E-state index contributed by atoms with van der Waals surface area (Å²) in [6.07, 6.45) is 4.61. The molecule has 1 amide bonds. The Hall–Kier alpha value is -2.53. The van der Waals surface area contributed by atoms with Crippen molar-refractivity contribution in [3.63, 3.8) is 0 Å². The predicted molar refractivity (Wildman–Crippen MR) is 103 cm³/mol. The predicted octanol–water partition coefficient (Wildman–Crippen LogP) is 4.90. The molecule has 0 bridgehead atoms. The molecule has 0 atom stereocenters. The summed E-state index contributed by atoms with van der Waals surface area (Å²) in [5.74, 6) is 0.392. The second-order valence-electron chi connectivity index (χ2n) is 6.16. The van der Waals surface area contributed by atoms with Crippen molar-refractivity contribution in [3.05, 3.63) is 64.7 Å². The lowest BCUT2D eigenvalue weighted by Crippen LogP contribution is -2.14. The minimum Gasteiger partial charge on any atom is -0.326 e. The van der Waals surface area contributed by atoms with Gasteiger partial charge in [0.2, 0.25) is 5.91 Å². The van der Waals surface area contributed by atoms with Crippen LogP contribution >= 0.6 is 11.3 Å². The quantitative estimate of drug-likeness (QED) is 0.687. The maximum atomic E-state index is 12.3. The smallest absolute Gasteiger partial charge is 0.224 e. The molecule has 2 heterocycles. The van der Waals surface area contributed by atoms with Crippen molar-refractivity contribution in [3.8, 4) is 11.3 Å². The van der Waals surface area contributed by atoms with E-state index in [1.165, 1.54) is 0 Å². The molecule has 3 aromatic rings. The van der Waals surface area contributed by atoms with Gasteiger partial charge in [-0.25, -0.2) is 4.98 Å². The summed E-state index contributed by atoms with van der Waals surface area (Å²) in [5.41, 5.74) is 3.97. The average molecular weight is 351 g/mol. The summed E-state index contributed by atoms with van der Waals surface area (Å²) in [6, 6.07) is 11.8. The van der Waals surface area contributed by atoms with E-state index in [-0.39, 0.29) is 5.91 Å². The van der Waals surface area contributed by atoms with Gasteiger partial charge >= 0.3 is 0 Å². The standard InChI is InChI=1S/C20H21N3OS/c1-14(2)16-7-3-4-8-17(16)22-19(24)9-10-20-23-18(13-25-20)15-6-5-11-21-12-15/h3-8,11-14H,9-10H2,1-2H3,(H,22,24). The van der Waals surface area contributed by atoms with E-state index in [0.29, 0.717) is 18.8 Å². The van der Waals surface area contributed by atoms with Crippen molar-refractivity contribution in [2.24, 2.45) is 0 Å². The van der Waals surface area contributed by atoms with E-state index < -0.39 is 0 Å². The number of hydrogen-bond donors (Lipinski definition) is 1. The molecular formula is C20H21N3OS. The molecule has 0 aliphatic heterocycles. The molecule has 0 aliphatic carbocycles. The normalized spacial score (nSPS) is 10.8. The first kappa shape index (κ1) is 17.3. The fraction of sp³-hybridized carbons (Fsp3) is 0.250. The first-order chi connectivity index (χ1) is 12.1. The minimum absolute atomic E-state index is 0.0197. The van der Waals surface area contributed by atoms with Crippen molar-refractivity contribution < 1.29 is 4.79 Å².